The summed E-state index contributed by atoms with van der Waals surface area (Å²) in [6, 6.07) is 7.60. The zero-order valence-corrected chi connectivity index (χ0v) is 7.35. The molecule has 0 aliphatic carbocycles. The minimum atomic E-state index is -1.82. The highest BCUT2D eigenvalue weighted by molar-refractivity contribution is 6.27. The van der Waals surface area contributed by atoms with Gasteiger partial charge in [-0.25, -0.2) is 14.0 Å². The summed E-state index contributed by atoms with van der Waals surface area (Å²) in [4.78, 5) is 18.2. The van der Waals surface area contributed by atoms with Crippen LogP contribution in [0, 0.1) is 17.1 Å². The van der Waals surface area contributed by atoms with Gasteiger partial charge >= 0.3 is 11.9 Å². The molecule has 0 fully saturated rings. The van der Waals surface area contributed by atoms with E-state index in [2.05, 4.69) is 0 Å². The maximum Gasteiger partial charge on any atom is 0.414 e. The van der Waals surface area contributed by atoms with Gasteiger partial charge in [0.1, 0.15) is 11.9 Å². The van der Waals surface area contributed by atoms with Gasteiger partial charge in [0.05, 0.1) is 5.56 Å². The lowest BCUT2D eigenvalue weighted by Gasteiger charge is -1.86. The molecule has 0 spiro atoms. The SMILES string of the molecule is N#Cc1ccccc1F.O=C(O)C(=O)O. The molecule has 1 aromatic rings. The summed E-state index contributed by atoms with van der Waals surface area (Å²) < 4.78 is 12.4. The highest BCUT2D eigenvalue weighted by Crippen LogP contribution is 2.02. The predicted molar refractivity (Wildman–Crippen MR) is 46.4 cm³/mol. The topological polar surface area (TPSA) is 98.4 Å². The summed E-state index contributed by atoms with van der Waals surface area (Å²) in [5, 5.41) is 23.0. The van der Waals surface area contributed by atoms with E-state index in [1.165, 1.54) is 12.1 Å². The molecular formula is C9H6FNO4. The van der Waals surface area contributed by atoms with Gasteiger partial charge in [-0.05, 0) is 12.1 Å². The number of carboxylic acids is 2. The summed E-state index contributed by atoms with van der Waals surface area (Å²) >= 11 is 0. The van der Waals surface area contributed by atoms with Gasteiger partial charge in [0.25, 0.3) is 0 Å². The summed E-state index contributed by atoms with van der Waals surface area (Å²) in [6.45, 7) is 0. The quantitative estimate of drug-likeness (QED) is 0.620. The third kappa shape index (κ3) is 5.00. The average molecular weight is 211 g/mol. The van der Waals surface area contributed by atoms with Gasteiger partial charge in [0.2, 0.25) is 0 Å². The highest BCUT2D eigenvalue weighted by atomic mass is 19.1. The first-order valence-corrected chi connectivity index (χ1v) is 3.60. The molecule has 1 aromatic carbocycles. The maximum absolute atomic E-state index is 12.4. The van der Waals surface area contributed by atoms with Crippen LogP contribution >= 0.6 is 0 Å². The third-order valence-corrected chi connectivity index (χ3v) is 1.18. The molecule has 78 valence electrons. The van der Waals surface area contributed by atoms with E-state index in [4.69, 9.17) is 25.1 Å². The Balaban J connectivity index is 0.000000288. The van der Waals surface area contributed by atoms with Gasteiger partial charge in [-0.2, -0.15) is 5.26 Å². The summed E-state index contributed by atoms with van der Waals surface area (Å²) in [5.41, 5.74) is 0.0949. The van der Waals surface area contributed by atoms with E-state index in [1.54, 1.807) is 18.2 Å². The zero-order chi connectivity index (χ0) is 11.8. The number of nitrogens with zero attached hydrogens (tertiary/aromatic N) is 1. The van der Waals surface area contributed by atoms with Crippen LogP contribution in [0.25, 0.3) is 0 Å². The molecule has 0 saturated carbocycles. The van der Waals surface area contributed by atoms with Crippen molar-refractivity contribution in [2.24, 2.45) is 0 Å². The Morgan fingerprint density at radius 2 is 1.67 bits per heavy atom. The monoisotopic (exact) mass is 211 g/mol. The van der Waals surface area contributed by atoms with Gasteiger partial charge in [0.15, 0.2) is 0 Å². The molecule has 0 unspecified atom stereocenters. The molecule has 0 aliphatic rings. The number of hydrogen-bond donors (Lipinski definition) is 2. The van der Waals surface area contributed by atoms with Gasteiger partial charge in [-0.15, -0.1) is 0 Å². The molecule has 5 nitrogen and oxygen atoms in total. The molecule has 0 aromatic heterocycles. The lowest BCUT2D eigenvalue weighted by molar-refractivity contribution is -0.159. The van der Waals surface area contributed by atoms with Crippen LogP contribution in [0.5, 0.6) is 0 Å². The number of hydrogen-bond acceptors (Lipinski definition) is 3. The summed E-state index contributed by atoms with van der Waals surface area (Å²) in [5.74, 6) is -4.11. The first-order valence-electron chi connectivity index (χ1n) is 3.60. The van der Waals surface area contributed by atoms with Gasteiger partial charge < -0.3 is 10.2 Å². The molecule has 15 heavy (non-hydrogen) atoms. The van der Waals surface area contributed by atoms with Crippen LogP contribution in [-0.4, -0.2) is 22.2 Å². The van der Waals surface area contributed by atoms with Crippen molar-refractivity contribution in [3.05, 3.63) is 35.6 Å². The van der Waals surface area contributed by atoms with E-state index >= 15 is 0 Å². The van der Waals surface area contributed by atoms with Gasteiger partial charge in [-0.1, -0.05) is 12.1 Å². The second-order valence-corrected chi connectivity index (χ2v) is 2.20. The molecule has 6 heteroatoms. The van der Waals surface area contributed by atoms with Gasteiger partial charge in [-0.3, -0.25) is 0 Å². The fraction of sp³-hybridized carbons (Fsp3) is 0. The minimum Gasteiger partial charge on any atom is -0.473 e. The van der Waals surface area contributed by atoms with Crippen LogP contribution in [0.4, 0.5) is 4.39 Å². The van der Waals surface area contributed by atoms with Gasteiger partial charge in [0, 0.05) is 0 Å². The largest absolute Gasteiger partial charge is 0.473 e. The van der Waals surface area contributed by atoms with Crippen LogP contribution in [0.15, 0.2) is 24.3 Å². The van der Waals surface area contributed by atoms with Crippen LogP contribution < -0.4 is 0 Å². The second kappa shape index (κ2) is 6.10. The van der Waals surface area contributed by atoms with Crippen LogP contribution in [0.3, 0.4) is 0 Å². The first-order chi connectivity index (χ1) is 6.99. The normalized spacial score (nSPS) is 8.00. The fourth-order valence-electron chi connectivity index (χ4n) is 0.552. The van der Waals surface area contributed by atoms with Crippen molar-refractivity contribution >= 4 is 11.9 Å². The van der Waals surface area contributed by atoms with Crippen molar-refractivity contribution in [2.45, 2.75) is 0 Å². The van der Waals surface area contributed by atoms with E-state index < -0.39 is 17.8 Å². The molecule has 0 saturated heterocycles. The van der Waals surface area contributed by atoms with Crippen LogP contribution in [-0.2, 0) is 9.59 Å². The Morgan fingerprint density at radius 3 is 1.93 bits per heavy atom. The molecule has 1 rings (SSSR count). The Hall–Kier alpha value is -2.42. The molecule has 0 amide bonds. The van der Waals surface area contributed by atoms with E-state index in [0.717, 1.165) is 0 Å². The fourth-order valence-corrected chi connectivity index (χ4v) is 0.552. The smallest absolute Gasteiger partial charge is 0.414 e. The lowest BCUT2D eigenvalue weighted by atomic mass is 10.2. The highest BCUT2D eigenvalue weighted by Gasteiger charge is 2.04. The predicted octanol–water partition coefficient (Wildman–Crippen LogP) is 0.853. The minimum absolute atomic E-state index is 0.0949. The van der Waals surface area contributed by atoms with Crippen molar-refractivity contribution in [1.82, 2.24) is 0 Å². The number of benzene rings is 1. The van der Waals surface area contributed by atoms with Crippen molar-refractivity contribution in [2.75, 3.05) is 0 Å². The van der Waals surface area contributed by atoms with Crippen molar-refractivity contribution in [3.63, 3.8) is 0 Å². The van der Waals surface area contributed by atoms with Crippen LogP contribution in [0.1, 0.15) is 5.56 Å². The molecule has 2 N–H and O–H groups in total. The Kier molecular flexibility index (Phi) is 5.11. The summed E-state index contributed by atoms with van der Waals surface area (Å²) in [6.07, 6.45) is 0. The maximum atomic E-state index is 12.4. The van der Waals surface area contributed by atoms with E-state index in [0.29, 0.717) is 0 Å². The number of carboxylic acid groups (broad SMARTS) is 2. The number of aliphatic carboxylic acids is 2. The Bertz CT molecular complexity index is 399. The van der Waals surface area contributed by atoms with Crippen molar-refractivity contribution in [3.8, 4) is 6.07 Å². The first kappa shape index (κ1) is 12.6. The van der Waals surface area contributed by atoms with E-state index in [1.807, 2.05) is 0 Å². The molecule has 0 heterocycles. The molecule has 0 aliphatic heterocycles. The Labute approximate surface area is 84.0 Å². The molecule has 0 bridgehead atoms. The number of halogens is 1. The number of nitriles is 1. The summed E-state index contributed by atoms with van der Waals surface area (Å²) in [7, 11) is 0. The lowest BCUT2D eigenvalue weighted by Crippen LogP contribution is -2.09. The second-order valence-electron chi connectivity index (χ2n) is 2.20. The average Bonchev–Trinajstić information content (AvgIpc) is 2.19. The zero-order valence-electron chi connectivity index (χ0n) is 7.35. The van der Waals surface area contributed by atoms with E-state index in [9.17, 15) is 4.39 Å². The molecular weight excluding hydrogens is 205 g/mol. The third-order valence-electron chi connectivity index (χ3n) is 1.18. The molecule has 0 atom stereocenters. The number of carbonyl (C=O) groups is 2. The van der Waals surface area contributed by atoms with Crippen molar-refractivity contribution < 1.29 is 24.2 Å². The van der Waals surface area contributed by atoms with E-state index in [-0.39, 0.29) is 5.56 Å². The molecule has 0 radical (unpaired) electrons. The standard InChI is InChI=1S/C7H4FN.C2H2O4/c8-7-4-2-1-3-6(7)5-9;3-1(4)2(5)6/h1-4H;(H,3,4)(H,5,6). The number of rotatable bonds is 0. The Morgan fingerprint density at radius 1 is 1.20 bits per heavy atom. The van der Waals surface area contributed by atoms with Crippen molar-refractivity contribution in [1.29, 1.82) is 5.26 Å². The van der Waals surface area contributed by atoms with Crippen LogP contribution in [0.2, 0.25) is 0 Å².